The smallest absolute Gasteiger partial charge is 0.0899 e. The summed E-state index contributed by atoms with van der Waals surface area (Å²) in [5, 5.41) is 9.50. The Labute approximate surface area is 93.4 Å². The molecule has 15 heavy (non-hydrogen) atoms. The molecule has 0 aliphatic rings. The zero-order chi connectivity index (χ0) is 11.8. The van der Waals surface area contributed by atoms with Crippen LogP contribution in [0.1, 0.15) is 20.3 Å². The molecule has 0 rings (SSSR count). The van der Waals surface area contributed by atoms with Crippen LogP contribution in [0, 0.1) is 5.92 Å². The lowest BCUT2D eigenvalue weighted by atomic mass is 10.0. The number of methoxy groups -OCH3 is 1. The molecule has 0 aromatic heterocycles. The van der Waals surface area contributed by atoms with Crippen LogP contribution < -0.4 is 5.73 Å². The molecule has 0 aromatic carbocycles. The first-order valence-corrected chi connectivity index (χ1v) is 5.58. The van der Waals surface area contributed by atoms with E-state index in [4.69, 9.17) is 10.5 Å². The van der Waals surface area contributed by atoms with Gasteiger partial charge < -0.3 is 20.5 Å². The van der Waals surface area contributed by atoms with E-state index in [-0.39, 0.29) is 6.04 Å². The van der Waals surface area contributed by atoms with Crippen LogP contribution in [0.15, 0.2) is 0 Å². The van der Waals surface area contributed by atoms with Crippen LogP contribution in [0.3, 0.4) is 0 Å². The van der Waals surface area contributed by atoms with Crippen LogP contribution in [0.4, 0.5) is 0 Å². The number of aliphatic hydroxyl groups excluding tert-OH is 1. The number of aliphatic hydroxyl groups is 1. The molecule has 0 bridgehead atoms. The molecule has 0 heterocycles. The first-order chi connectivity index (χ1) is 6.97. The van der Waals surface area contributed by atoms with Crippen molar-refractivity contribution < 1.29 is 9.84 Å². The van der Waals surface area contributed by atoms with E-state index in [0.29, 0.717) is 19.1 Å². The van der Waals surface area contributed by atoms with Gasteiger partial charge in [-0.3, -0.25) is 0 Å². The van der Waals surface area contributed by atoms with E-state index in [1.807, 2.05) is 7.05 Å². The lowest BCUT2D eigenvalue weighted by molar-refractivity contribution is 0.0426. The van der Waals surface area contributed by atoms with Crippen molar-refractivity contribution in [2.75, 3.05) is 33.9 Å². The largest absolute Gasteiger partial charge is 0.389 e. The van der Waals surface area contributed by atoms with Gasteiger partial charge >= 0.3 is 0 Å². The Bertz CT molecular complexity index is 154. The zero-order valence-corrected chi connectivity index (χ0v) is 10.4. The van der Waals surface area contributed by atoms with E-state index in [9.17, 15) is 5.11 Å². The summed E-state index contributed by atoms with van der Waals surface area (Å²) in [6.45, 7) is 6.20. The second-order valence-electron chi connectivity index (χ2n) is 4.57. The second-order valence-corrected chi connectivity index (χ2v) is 4.57. The molecule has 0 spiro atoms. The quantitative estimate of drug-likeness (QED) is 0.615. The molecule has 0 radical (unpaired) electrons. The van der Waals surface area contributed by atoms with Crippen molar-refractivity contribution in [3.8, 4) is 0 Å². The van der Waals surface area contributed by atoms with Gasteiger partial charge in [0.1, 0.15) is 0 Å². The lowest BCUT2D eigenvalue weighted by Crippen LogP contribution is -2.36. The highest BCUT2D eigenvalue weighted by Crippen LogP contribution is 2.03. The molecule has 0 amide bonds. The number of ether oxygens (including phenoxy) is 1. The van der Waals surface area contributed by atoms with Gasteiger partial charge in [0.05, 0.1) is 12.7 Å². The number of hydrogen-bond acceptors (Lipinski definition) is 4. The molecular weight excluding hydrogens is 192 g/mol. The summed E-state index contributed by atoms with van der Waals surface area (Å²) in [5.74, 6) is 0.516. The maximum absolute atomic E-state index is 9.50. The molecule has 4 nitrogen and oxygen atoms in total. The van der Waals surface area contributed by atoms with Gasteiger partial charge in [-0.05, 0) is 25.9 Å². The SMILES string of the molecule is COCC(O)CN(C)CCC(N)C(C)C. The molecule has 0 aliphatic carbocycles. The van der Waals surface area contributed by atoms with Gasteiger partial charge in [0.15, 0.2) is 0 Å². The normalized spacial score (nSPS) is 16.0. The van der Waals surface area contributed by atoms with Crippen molar-refractivity contribution in [2.24, 2.45) is 11.7 Å². The Hall–Kier alpha value is -0.160. The topological polar surface area (TPSA) is 58.7 Å². The highest BCUT2D eigenvalue weighted by Gasteiger charge is 2.11. The van der Waals surface area contributed by atoms with Crippen molar-refractivity contribution in [1.29, 1.82) is 0 Å². The summed E-state index contributed by atoms with van der Waals surface area (Å²) < 4.78 is 4.87. The van der Waals surface area contributed by atoms with E-state index in [1.54, 1.807) is 7.11 Å². The van der Waals surface area contributed by atoms with Crippen molar-refractivity contribution in [3.63, 3.8) is 0 Å². The Morgan fingerprint density at radius 1 is 1.40 bits per heavy atom. The molecule has 0 aromatic rings. The van der Waals surface area contributed by atoms with Crippen molar-refractivity contribution in [2.45, 2.75) is 32.4 Å². The third-order valence-corrected chi connectivity index (χ3v) is 2.58. The molecule has 4 heteroatoms. The molecule has 0 saturated carbocycles. The first-order valence-electron chi connectivity index (χ1n) is 5.58. The summed E-state index contributed by atoms with van der Waals surface area (Å²) in [5.41, 5.74) is 5.94. The Balaban J connectivity index is 3.60. The third-order valence-electron chi connectivity index (χ3n) is 2.58. The second kappa shape index (κ2) is 8.05. The minimum atomic E-state index is -0.407. The molecule has 3 N–H and O–H groups in total. The van der Waals surface area contributed by atoms with Crippen LogP contribution in [0.5, 0.6) is 0 Å². The molecular formula is C11H26N2O2. The van der Waals surface area contributed by atoms with E-state index in [2.05, 4.69) is 18.7 Å². The van der Waals surface area contributed by atoms with Gasteiger partial charge in [0.2, 0.25) is 0 Å². The fourth-order valence-electron chi connectivity index (χ4n) is 1.40. The minimum absolute atomic E-state index is 0.243. The Morgan fingerprint density at radius 3 is 2.47 bits per heavy atom. The average Bonchev–Trinajstić information content (AvgIpc) is 2.14. The van der Waals surface area contributed by atoms with Gasteiger partial charge in [0.25, 0.3) is 0 Å². The van der Waals surface area contributed by atoms with Crippen LogP contribution in [0.2, 0.25) is 0 Å². The summed E-state index contributed by atoms with van der Waals surface area (Å²) in [7, 11) is 3.59. The summed E-state index contributed by atoms with van der Waals surface area (Å²) in [4.78, 5) is 2.09. The van der Waals surface area contributed by atoms with Crippen molar-refractivity contribution >= 4 is 0 Å². The van der Waals surface area contributed by atoms with E-state index >= 15 is 0 Å². The van der Waals surface area contributed by atoms with Crippen LogP contribution >= 0.6 is 0 Å². The summed E-state index contributed by atoms with van der Waals surface area (Å²) >= 11 is 0. The highest BCUT2D eigenvalue weighted by molar-refractivity contribution is 4.68. The lowest BCUT2D eigenvalue weighted by Gasteiger charge is -2.23. The van der Waals surface area contributed by atoms with Crippen LogP contribution in [-0.2, 0) is 4.74 Å². The molecule has 2 unspecified atom stereocenters. The Morgan fingerprint density at radius 2 is 2.00 bits per heavy atom. The summed E-state index contributed by atoms with van der Waals surface area (Å²) in [6, 6.07) is 0.243. The van der Waals surface area contributed by atoms with Gasteiger partial charge in [-0.15, -0.1) is 0 Å². The van der Waals surface area contributed by atoms with Crippen molar-refractivity contribution in [3.05, 3.63) is 0 Å². The van der Waals surface area contributed by atoms with Crippen LogP contribution in [-0.4, -0.2) is 56.0 Å². The maximum atomic E-state index is 9.50. The van der Waals surface area contributed by atoms with Crippen LogP contribution in [0.25, 0.3) is 0 Å². The van der Waals surface area contributed by atoms with Gasteiger partial charge in [0, 0.05) is 19.7 Å². The molecule has 0 aliphatic heterocycles. The maximum Gasteiger partial charge on any atom is 0.0899 e. The standard InChI is InChI=1S/C11H26N2O2/c1-9(2)11(12)5-6-13(3)7-10(14)8-15-4/h9-11,14H,5-8,12H2,1-4H3. The number of likely N-dealkylation sites (N-methyl/N-ethyl adjacent to an activating group) is 1. The zero-order valence-electron chi connectivity index (χ0n) is 10.4. The molecule has 92 valence electrons. The monoisotopic (exact) mass is 218 g/mol. The van der Waals surface area contributed by atoms with E-state index in [0.717, 1.165) is 13.0 Å². The highest BCUT2D eigenvalue weighted by atomic mass is 16.5. The predicted molar refractivity (Wildman–Crippen MR) is 62.8 cm³/mol. The van der Waals surface area contributed by atoms with Crippen molar-refractivity contribution in [1.82, 2.24) is 4.90 Å². The number of hydrogen-bond donors (Lipinski definition) is 2. The molecule has 0 fully saturated rings. The average molecular weight is 218 g/mol. The fourth-order valence-corrected chi connectivity index (χ4v) is 1.40. The van der Waals surface area contributed by atoms with E-state index in [1.165, 1.54) is 0 Å². The fraction of sp³-hybridized carbons (Fsp3) is 1.00. The van der Waals surface area contributed by atoms with E-state index < -0.39 is 6.10 Å². The number of nitrogens with zero attached hydrogens (tertiary/aromatic N) is 1. The number of nitrogens with two attached hydrogens (primary N) is 1. The first kappa shape index (κ1) is 14.8. The molecule has 2 atom stereocenters. The number of rotatable bonds is 8. The van der Waals surface area contributed by atoms with Gasteiger partial charge in [-0.1, -0.05) is 13.8 Å². The third kappa shape index (κ3) is 7.73. The van der Waals surface area contributed by atoms with Gasteiger partial charge in [-0.2, -0.15) is 0 Å². The Kier molecular flexibility index (Phi) is 7.96. The minimum Gasteiger partial charge on any atom is -0.389 e. The van der Waals surface area contributed by atoms with Gasteiger partial charge in [-0.25, -0.2) is 0 Å². The molecule has 0 saturated heterocycles. The predicted octanol–water partition coefficient (Wildman–Crippen LogP) is 0.299. The summed E-state index contributed by atoms with van der Waals surface area (Å²) in [6.07, 6.45) is 0.559.